The summed E-state index contributed by atoms with van der Waals surface area (Å²) in [7, 11) is 1.51. The van der Waals surface area contributed by atoms with Crippen LogP contribution in [0.15, 0.2) is 6.07 Å². The van der Waals surface area contributed by atoms with Crippen LogP contribution in [0.25, 0.3) is 0 Å². The molecule has 1 aromatic carbocycles. The molecule has 0 spiro atoms. The van der Waals surface area contributed by atoms with Crippen molar-refractivity contribution in [3.63, 3.8) is 0 Å². The molecule has 0 radical (unpaired) electrons. The zero-order valence-corrected chi connectivity index (χ0v) is 18.0. The van der Waals surface area contributed by atoms with Crippen LogP contribution in [0, 0.1) is 0 Å². The minimum atomic E-state index is -0.449. The Morgan fingerprint density at radius 1 is 1.29 bits per heavy atom. The molecule has 1 amide bonds. The third-order valence-corrected chi connectivity index (χ3v) is 5.87. The number of carbonyl (C=O) groups is 1. The van der Waals surface area contributed by atoms with E-state index in [1.807, 2.05) is 20.8 Å². The van der Waals surface area contributed by atoms with Crippen LogP contribution in [0.1, 0.15) is 43.9 Å². The fourth-order valence-corrected chi connectivity index (χ4v) is 4.05. The Morgan fingerprint density at radius 3 is 2.61 bits per heavy atom. The van der Waals surface area contributed by atoms with E-state index in [0.717, 1.165) is 18.1 Å². The molecule has 2 aromatic rings. The average Bonchev–Trinajstić information content (AvgIpc) is 3.26. The largest absolute Gasteiger partial charge is 0.493 e. The van der Waals surface area contributed by atoms with Crippen LogP contribution in [-0.2, 0) is 19.4 Å². The highest BCUT2D eigenvalue weighted by Crippen LogP contribution is 2.47. The molecule has 2 heterocycles. The molecular formula is C19H24Cl2N4O3. The van der Waals surface area contributed by atoms with Gasteiger partial charge in [-0.25, -0.2) is 4.79 Å². The van der Waals surface area contributed by atoms with Crippen molar-refractivity contribution >= 4 is 29.3 Å². The molecule has 0 bridgehead atoms. The molecule has 0 aliphatic carbocycles. The van der Waals surface area contributed by atoms with Gasteiger partial charge in [0.2, 0.25) is 0 Å². The first kappa shape index (κ1) is 20.7. The molecule has 9 heteroatoms. The molecule has 1 unspecified atom stereocenters. The van der Waals surface area contributed by atoms with Gasteiger partial charge in [0.15, 0.2) is 11.5 Å². The molecule has 0 saturated carbocycles. The maximum absolute atomic E-state index is 12.6. The maximum Gasteiger partial charge on any atom is 0.415 e. The predicted molar refractivity (Wildman–Crippen MR) is 108 cm³/mol. The predicted octanol–water partition coefficient (Wildman–Crippen LogP) is 4.34. The summed E-state index contributed by atoms with van der Waals surface area (Å²) in [5.41, 5.74) is 0.666. The summed E-state index contributed by atoms with van der Waals surface area (Å²) >= 11 is 12.9. The van der Waals surface area contributed by atoms with Gasteiger partial charge >= 0.3 is 6.09 Å². The van der Waals surface area contributed by atoms with E-state index in [0.29, 0.717) is 53.2 Å². The molecule has 1 atom stereocenters. The van der Waals surface area contributed by atoms with Gasteiger partial charge in [-0.3, -0.25) is 0 Å². The summed E-state index contributed by atoms with van der Waals surface area (Å²) in [6.45, 7) is 7.55. The van der Waals surface area contributed by atoms with Crippen molar-refractivity contribution in [1.29, 1.82) is 0 Å². The van der Waals surface area contributed by atoms with E-state index in [1.54, 1.807) is 11.0 Å². The molecule has 7 nitrogen and oxygen atoms in total. The van der Waals surface area contributed by atoms with Gasteiger partial charge in [-0.15, -0.1) is 10.2 Å². The molecule has 0 fully saturated rings. The average molecular weight is 427 g/mol. The number of hydrogen-bond donors (Lipinski definition) is 0. The lowest BCUT2D eigenvalue weighted by Crippen LogP contribution is -2.33. The number of rotatable bonds is 6. The van der Waals surface area contributed by atoms with Gasteiger partial charge in [-0.05, 0) is 13.8 Å². The van der Waals surface area contributed by atoms with E-state index in [1.165, 1.54) is 7.11 Å². The van der Waals surface area contributed by atoms with E-state index < -0.39 is 6.09 Å². The van der Waals surface area contributed by atoms with Gasteiger partial charge in [0.1, 0.15) is 11.6 Å². The van der Waals surface area contributed by atoms with Crippen LogP contribution >= 0.6 is 23.2 Å². The lowest BCUT2D eigenvalue weighted by Gasteiger charge is -2.23. The highest BCUT2D eigenvalue weighted by atomic mass is 35.5. The third kappa shape index (κ3) is 3.65. The molecular weight excluding hydrogens is 403 g/mol. The summed E-state index contributed by atoms with van der Waals surface area (Å²) in [6, 6.07) is 1.57. The number of ether oxygens (including phenoxy) is 2. The van der Waals surface area contributed by atoms with Gasteiger partial charge in [-0.2, -0.15) is 0 Å². The van der Waals surface area contributed by atoms with E-state index in [-0.39, 0.29) is 5.92 Å². The van der Waals surface area contributed by atoms with Crippen LogP contribution in [0.2, 0.25) is 10.0 Å². The van der Waals surface area contributed by atoms with Crippen LogP contribution in [0.4, 0.5) is 4.79 Å². The van der Waals surface area contributed by atoms with Crippen LogP contribution in [0.3, 0.4) is 0 Å². The zero-order valence-electron chi connectivity index (χ0n) is 16.5. The Morgan fingerprint density at radius 2 is 2.00 bits per heavy atom. The van der Waals surface area contributed by atoms with Gasteiger partial charge < -0.3 is 18.9 Å². The third-order valence-electron chi connectivity index (χ3n) is 5.06. The Kier molecular flexibility index (Phi) is 6.35. The van der Waals surface area contributed by atoms with E-state index in [2.05, 4.69) is 14.8 Å². The van der Waals surface area contributed by atoms with Gasteiger partial charge in [0.25, 0.3) is 0 Å². The number of benzene rings is 1. The zero-order chi connectivity index (χ0) is 20.4. The number of aromatic nitrogens is 3. The first-order valence-corrected chi connectivity index (χ1v) is 10.1. The molecule has 1 aromatic heterocycles. The molecule has 3 rings (SSSR count). The summed E-state index contributed by atoms with van der Waals surface area (Å²) < 4.78 is 13.3. The number of nitrogens with zero attached hydrogens (tertiary/aromatic N) is 4. The molecule has 28 heavy (non-hydrogen) atoms. The smallest absolute Gasteiger partial charge is 0.415 e. The van der Waals surface area contributed by atoms with Gasteiger partial charge in [0, 0.05) is 50.0 Å². The second kappa shape index (κ2) is 8.57. The van der Waals surface area contributed by atoms with Crippen molar-refractivity contribution in [1.82, 2.24) is 19.7 Å². The molecule has 1 aliphatic rings. The molecule has 152 valence electrons. The topological polar surface area (TPSA) is 69.5 Å². The number of halogens is 2. The monoisotopic (exact) mass is 426 g/mol. The Labute approximate surface area is 174 Å². The van der Waals surface area contributed by atoms with Gasteiger partial charge in [0.05, 0.1) is 17.2 Å². The summed E-state index contributed by atoms with van der Waals surface area (Å²) in [4.78, 5) is 14.2. The van der Waals surface area contributed by atoms with Crippen molar-refractivity contribution in [2.45, 2.75) is 46.1 Å². The highest BCUT2D eigenvalue weighted by molar-refractivity contribution is 6.42. The van der Waals surface area contributed by atoms with Gasteiger partial charge in [-0.1, -0.05) is 30.1 Å². The van der Waals surface area contributed by atoms with Crippen molar-refractivity contribution < 1.29 is 14.3 Å². The number of aryl methyl sites for hydroxylation is 1. The quantitative estimate of drug-likeness (QED) is 0.686. The molecule has 0 N–H and O–H groups in total. The number of methoxy groups -OCH3 is 1. The van der Waals surface area contributed by atoms with Crippen LogP contribution < -0.4 is 9.47 Å². The lowest BCUT2D eigenvalue weighted by atomic mass is 9.96. The normalized spacial score (nSPS) is 15.4. The molecule has 0 saturated heterocycles. The lowest BCUT2D eigenvalue weighted by molar-refractivity contribution is 0.155. The Bertz CT molecular complexity index is 881. The summed E-state index contributed by atoms with van der Waals surface area (Å²) in [5, 5.41) is 9.21. The maximum atomic E-state index is 12.6. The van der Waals surface area contributed by atoms with Crippen LogP contribution in [-0.4, -0.2) is 46.0 Å². The summed E-state index contributed by atoms with van der Waals surface area (Å²) in [5.74, 6) is 2.46. The fraction of sp³-hybridized carbons (Fsp3) is 0.526. The standard InChI is InChI=1S/C19H24Cl2N4O3/c1-5-14-22-23-15-8-11(10-25(14)15)16-17(21)12(20)9-13(27-4)18(16)28-19(26)24(6-2)7-3/h9,11H,5-8,10H2,1-4H3. The minimum absolute atomic E-state index is 0.0459. The first-order valence-electron chi connectivity index (χ1n) is 9.38. The van der Waals surface area contributed by atoms with Crippen molar-refractivity contribution in [3.05, 3.63) is 33.3 Å². The highest BCUT2D eigenvalue weighted by Gasteiger charge is 2.34. The van der Waals surface area contributed by atoms with Crippen LogP contribution in [0.5, 0.6) is 11.5 Å². The van der Waals surface area contributed by atoms with E-state index in [9.17, 15) is 4.79 Å². The fourth-order valence-electron chi connectivity index (χ4n) is 3.55. The van der Waals surface area contributed by atoms with Crippen molar-refractivity contribution in [2.24, 2.45) is 0 Å². The number of hydrogen-bond acceptors (Lipinski definition) is 5. The van der Waals surface area contributed by atoms with E-state index in [4.69, 9.17) is 32.7 Å². The Hall–Kier alpha value is -1.99. The minimum Gasteiger partial charge on any atom is -0.493 e. The number of amides is 1. The second-order valence-corrected chi connectivity index (χ2v) is 7.34. The van der Waals surface area contributed by atoms with E-state index >= 15 is 0 Å². The van der Waals surface area contributed by atoms with Crippen molar-refractivity contribution in [2.75, 3.05) is 20.2 Å². The molecule has 1 aliphatic heterocycles. The Balaban J connectivity index is 2.03. The number of carbonyl (C=O) groups excluding carboxylic acids is 1. The SMILES string of the molecule is CCc1nnc2n1CC(c1c(Cl)c(Cl)cc(OC)c1OC(=O)N(CC)CC)C2. The number of fused-ring (bicyclic) bond motifs is 1. The van der Waals surface area contributed by atoms with Crippen molar-refractivity contribution in [3.8, 4) is 11.5 Å². The summed E-state index contributed by atoms with van der Waals surface area (Å²) in [6.07, 6.45) is 0.969. The first-order chi connectivity index (χ1) is 13.4. The second-order valence-electron chi connectivity index (χ2n) is 6.56.